The minimum Gasteiger partial charge on any atom is -0.396 e. The molecule has 1 aromatic rings. The Balaban J connectivity index is 2.98. The number of rotatable bonds is 6. The van der Waals surface area contributed by atoms with Gasteiger partial charge in [0, 0.05) is 13.1 Å². The van der Waals surface area contributed by atoms with Gasteiger partial charge in [-0.15, -0.1) is 17.9 Å². The Hall–Kier alpha value is -2.00. The molecule has 0 aliphatic heterocycles. The molecule has 0 spiro atoms. The maximum absolute atomic E-state index is 11.9. The number of hydrogen-bond donors (Lipinski definition) is 3. The quantitative estimate of drug-likeness (QED) is 0.696. The van der Waals surface area contributed by atoms with E-state index in [0.29, 0.717) is 27.9 Å². The van der Waals surface area contributed by atoms with Crippen LogP contribution in [0.25, 0.3) is 0 Å². The summed E-state index contributed by atoms with van der Waals surface area (Å²) in [5, 5.41) is 15.6. The summed E-state index contributed by atoms with van der Waals surface area (Å²) in [4.78, 5) is 12.2. The second kappa shape index (κ2) is 6.81. The van der Waals surface area contributed by atoms with Gasteiger partial charge in [0.05, 0.1) is 5.69 Å². The number of nitrogens with two attached hydrogens (primary N) is 1. The van der Waals surface area contributed by atoms with Gasteiger partial charge in [-0.05, 0) is 5.92 Å². The molecule has 0 aliphatic carbocycles. The van der Waals surface area contributed by atoms with Crippen LogP contribution in [0.3, 0.4) is 0 Å². The fourth-order valence-corrected chi connectivity index (χ4v) is 2.38. The SMILES string of the molecule is C=CCNC(=O)c1sc(NCC(C)C)c(C#N)c1N. The van der Waals surface area contributed by atoms with Crippen LogP contribution in [-0.2, 0) is 0 Å². The lowest BCUT2D eigenvalue weighted by molar-refractivity contribution is 0.0963. The number of nitriles is 1. The smallest absolute Gasteiger partial charge is 0.263 e. The van der Waals surface area contributed by atoms with Crippen LogP contribution in [0.15, 0.2) is 12.7 Å². The zero-order valence-electron chi connectivity index (χ0n) is 11.1. The van der Waals surface area contributed by atoms with Crippen LogP contribution >= 0.6 is 11.3 Å². The summed E-state index contributed by atoms with van der Waals surface area (Å²) in [5.41, 5.74) is 6.43. The molecule has 6 heteroatoms. The lowest BCUT2D eigenvalue weighted by Crippen LogP contribution is -2.23. The first kappa shape index (κ1) is 15.1. The molecule has 0 radical (unpaired) electrons. The maximum Gasteiger partial charge on any atom is 0.263 e. The average molecular weight is 278 g/mol. The summed E-state index contributed by atoms with van der Waals surface area (Å²) in [5.74, 6) is 0.157. The molecule has 0 saturated carbocycles. The third-order valence-corrected chi connectivity index (χ3v) is 3.50. The van der Waals surface area contributed by atoms with Crippen LogP contribution in [0, 0.1) is 17.2 Å². The van der Waals surface area contributed by atoms with E-state index in [-0.39, 0.29) is 11.6 Å². The first-order valence-electron chi connectivity index (χ1n) is 5.96. The minimum atomic E-state index is -0.281. The van der Waals surface area contributed by atoms with Gasteiger partial charge in [0.25, 0.3) is 5.91 Å². The van der Waals surface area contributed by atoms with Crippen molar-refractivity contribution in [1.82, 2.24) is 5.32 Å². The van der Waals surface area contributed by atoms with Gasteiger partial charge < -0.3 is 16.4 Å². The summed E-state index contributed by atoms with van der Waals surface area (Å²) in [6.45, 7) is 8.75. The lowest BCUT2D eigenvalue weighted by atomic mass is 10.2. The number of thiophene rings is 1. The van der Waals surface area contributed by atoms with E-state index in [1.807, 2.05) is 6.07 Å². The van der Waals surface area contributed by atoms with Crippen LogP contribution in [0.1, 0.15) is 29.1 Å². The monoisotopic (exact) mass is 278 g/mol. The second-order valence-electron chi connectivity index (χ2n) is 4.43. The number of nitrogens with zero attached hydrogens (tertiary/aromatic N) is 1. The van der Waals surface area contributed by atoms with Crippen LogP contribution < -0.4 is 16.4 Å². The van der Waals surface area contributed by atoms with Crippen molar-refractivity contribution in [2.45, 2.75) is 13.8 Å². The highest BCUT2D eigenvalue weighted by Crippen LogP contribution is 2.35. The molecular formula is C13H18N4OS. The van der Waals surface area contributed by atoms with E-state index in [0.717, 1.165) is 6.54 Å². The molecule has 1 aromatic heterocycles. The molecule has 0 aliphatic rings. The summed E-state index contributed by atoms with van der Waals surface area (Å²) >= 11 is 1.21. The first-order valence-corrected chi connectivity index (χ1v) is 6.78. The summed E-state index contributed by atoms with van der Waals surface area (Å²) in [6.07, 6.45) is 1.59. The van der Waals surface area contributed by atoms with E-state index in [2.05, 4.69) is 31.1 Å². The molecule has 0 fully saturated rings. The van der Waals surface area contributed by atoms with Crippen molar-refractivity contribution >= 4 is 27.9 Å². The number of amides is 1. The number of carbonyl (C=O) groups excluding carboxylic acids is 1. The van der Waals surface area contributed by atoms with Crippen LogP contribution in [0.4, 0.5) is 10.7 Å². The molecule has 1 heterocycles. The normalized spacial score (nSPS) is 10.0. The van der Waals surface area contributed by atoms with E-state index in [1.54, 1.807) is 6.08 Å². The third-order valence-electron chi connectivity index (χ3n) is 2.34. The lowest BCUT2D eigenvalue weighted by Gasteiger charge is -2.06. The van der Waals surface area contributed by atoms with Crippen molar-refractivity contribution in [3.63, 3.8) is 0 Å². The molecule has 0 unspecified atom stereocenters. The largest absolute Gasteiger partial charge is 0.396 e. The van der Waals surface area contributed by atoms with Gasteiger partial charge in [-0.1, -0.05) is 19.9 Å². The van der Waals surface area contributed by atoms with Crippen molar-refractivity contribution < 1.29 is 4.79 Å². The van der Waals surface area contributed by atoms with Gasteiger partial charge in [-0.3, -0.25) is 4.79 Å². The molecule has 19 heavy (non-hydrogen) atoms. The standard InChI is InChI=1S/C13H18N4OS/c1-4-5-16-12(18)11-10(15)9(6-14)13(19-11)17-7-8(2)3/h4,8,17H,1,5,7,15H2,2-3H3,(H,16,18). The van der Waals surface area contributed by atoms with E-state index >= 15 is 0 Å². The van der Waals surface area contributed by atoms with Gasteiger partial charge in [0.15, 0.2) is 0 Å². The summed E-state index contributed by atoms with van der Waals surface area (Å²) < 4.78 is 0. The van der Waals surface area contributed by atoms with Gasteiger partial charge in [-0.2, -0.15) is 5.26 Å². The Morgan fingerprint density at radius 2 is 2.32 bits per heavy atom. The molecule has 1 amide bonds. The zero-order chi connectivity index (χ0) is 14.4. The van der Waals surface area contributed by atoms with Gasteiger partial charge in [-0.25, -0.2) is 0 Å². The van der Waals surface area contributed by atoms with Crippen LogP contribution in [0.2, 0.25) is 0 Å². The summed E-state index contributed by atoms with van der Waals surface area (Å²) in [6, 6.07) is 2.04. The Morgan fingerprint density at radius 1 is 1.63 bits per heavy atom. The van der Waals surface area contributed by atoms with Crippen molar-refractivity contribution in [1.29, 1.82) is 5.26 Å². The summed E-state index contributed by atoms with van der Waals surface area (Å²) in [7, 11) is 0. The van der Waals surface area contributed by atoms with E-state index in [1.165, 1.54) is 11.3 Å². The number of nitrogen functional groups attached to an aromatic ring is 1. The maximum atomic E-state index is 11.9. The molecule has 0 saturated heterocycles. The van der Waals surface area contributed by atoms with E-state index in [4.69, 9.17) is 11.0 Å². The number of hydrogen-bond acceptors (Lipinski definition) is 5. The van der Waals surface area contributed by atoms with Crippen LogP contribution in [0.5, 0.6) is 0 Å². The first-order chi connectivity index (χ1) is 9.01. The van der Waals surface area contributed by atoms with Gasteiger partial charge in [0.2, 0.25) is 0 Å². The van der Waals surface area contributed by atoms with E-state index < -0.39 is 0 Å². The van der Waals surface area contributed by atoms with Crippen LogP contribution in [-0.4, -0.2) is 19.0 Å². The number of nitrogens with one attached hydrogen (secondary N) is 2. The number of anilines is 2. The highest BCUT2D eigenvalue weighted by Gasteiger charge is 2.20. The number of carbonyl (C=O) groups is 1. The topological polar surface area (TPSA) is 90.9 Å². The molecular weight excluding hydrogens is 260 g/mol. The highest BCUT2D eigenvalue weighted by molar-refractivity contribution is 7.18. The zero-order valence-corrected chi connectivity index (χ0v) is 11.9. The average Bonchev–Trinajstić information content (AvgIpc) is 2.69. The van der Waals surface area contributed by atoms with Gasteiger partial charge >= 0.3 is 0 Å². The van der Waals surface area contributed by atoms with Crippen molar-refractivity contribution in [2.24, 2.45) is 5.92 Å². The Morgan fingerprint density at radius 3 is 2.84 bits per heavy atom. The molecule has 102 valence electrons. The van der Waals surface area contributed by atoms with Crippen molar-refractivity contribution in [3.05, 3.63) is 23.1 Å². The third kappa shape index (κ3) is 3.73. The molecule has 0 atom stereocenters. The molecule has 0 aromatic carbocycles. The Bertz CT molecular complexity index is 513. The fourth-order valence-electron chi connectivity index (χ4n) is 1.39. The molecule has 5 nitrogen and oxygen atoms in total. The highest BCUT2D eigenvalue weighted by atomic mass is 32.1. The Kier molecular flexibility index (Phi) is 5.39. The fraction of sp³-hybridized carbons (Fsp3) is 0.385. The van der Waals surface area contributed by atoms with E-state index in [9.17, 15) is 4.79 Å². The molecule has 1 rings (SSSR count). The van der Waals surface area contributed by atoms with Crippen molar-refractivity contribution in [2.75, 3.05) is 24.1 Å². The predicted molar refractivity (Wildman–Crippen MR) is 79.3 cm³/mol. The second-order valence-corrected chi connectivity index (χ2v) is 5.45. The van der Waals surface area contributed by atoms with Crippen molar-refractivity contribution in [3.8, 4) is 6.07 Å². The van der Waals surface area contributed by atoms with Gasteiger partial charge in [0.1, 0.15) is 21.5 Å². The Labute approximate surface area is 117 Å². The minimum absolute atomic E-state index is 0.236. The molecule has 0 bridgehead atoms. The predicted octanol–water partition coefficient (Wildman–Crippen LogP) is 2.19. The molecule has 4 N–H and O–H groups in total.